The molecule has 1 radical (unpaired) electrons. The molecule has 0 aliphatic carbocycles. The Hall–Kier alpha value is -0.0900. The fourth-order valence-electron chi connectivity index (χ4n) is 2.51. The van der Waals surface area contributed by atoms with Crippen molar-refractivity contribution < 1.29 is 13.0 Å². The van der Waals surface area contributed by atoms with Gasteiger partial charge in [-0.3, -0.25) is 4.55 Å². The van der Waals surface area contributed by atoms with Crippen molar-refractivity contribution >= 4 is 10.1 Å². The molecule has 21 heavy (non-hydrogen) atoms. The first-order chi connectivity index (χ1) is 10.1. The first-order valence-electron chi connectivity index (χ1n) is 8.83. The van der Waals surface area contributed by atoms with Crippen LogP contribution in [0.2, 0.25) is 0 Å². The van der Waals surface area contributed by atoms with Gasteiger partial charge in [0.25, 0.3) is 10.1 Å². The maximum Gasteiger partial charge on any atom is 0.264 e. The van der Waals surface area contributed by atoms with Gasteiger partial charge in [0.1, 0.15) is 0 Å². The molecule has 0 spiro atoms. The lowest BCUT2D eigenvalue weighted by atomic mass is 10.0. The van der Waals surface area contributed by atoms with Crippen molar-refractivity contribution in [2.45, 2.75) is 96.8 Å². The van der Waals surface area contributed by atoms with Gasteiger partial charge >= 0.3 is 0 Å². The summed E-state index contributed by atoms with van der Waals surface area (Å²) in [6.07, 6.45) is 19.4. The van der Waals surface area contributed by atoms with Crippen molar-refractivity contribution in [2.24, 2.45) is 0 Å². The highest BCUT2D eigenvalue weighted by Crippen LogP contribution is 2.13. The molecule has 0 aromatic rings. The molecule has 1 N–H and O–H groups in total. The summed E-state index contributed by atoms with van der Waals surface area (Å²) in [7, 11) is -3.76. The molecule has 0 aliphatic heterocycles. The molecule has 0 aromatic carbocycles. The van der Waals surface area contributed by atoms with Gasteiger partial charge in [-0.2, -0.15) is 8.42 Å². The van der Waals surface area contributed by atoms with Crippen molar-refractivity contribution in [3.05, 3.63) is 6.42 Å². The van der Waals surface area contributed by atoms with Crippen LogP contribution in [-0.4, -0.2) is 18.7 Å². The largest absolute Gasteiger partial charge is 0.286 e. The second-order valence-corrected chi connectivity index (χ2v) is 7.61. The first-order valence-corrected chi connectivity index (χ1v) is 10.4. The summed E-state index contributed by atoms with van der Waals surface area (Å²) < 4.78 is 29.6. The highest BCUT2D eigenvalue weighted by Gasteiger charge is 2.02. The van der Waals surface area contributed by atoms with E-state index in [1.807, 2.05) is 0 Å². The molecule has 4 heteroatoms. The van der Waals surface area contributed by atoms with Crippen LogP contribution < -0.4 is 0 Å². The van der Waals surface area contributed by atoms with E-state index in [9.17, 15) is 8.42 Å². The maximum absolute atomic E-state index is 10.5. The zero-order valence-electron chi connectivity index (χ0n) is 13.9. The minimum Gasteiger partial charge on any atom is -0.286 e. The lowest BCUT2D eigenvalue weighted by Gasteiger charge is -2.03. The van der Waals surface area contributed by atoms with Gasteiger partial charge in [-0.1, -0.05) is 84.0 Å². The molecule has 0 aliphatic rings. The summed E-state index contributed by atoms with van der Waals surface area (Å²) in [6.45, 7) is 2.26. The van der Waals surface area contributed by atoms with Crippen molar-refractivity contribution in [1.82, 2.24) is 0 Å². The zero-order chi connectivity index (χ0) is 15.8. The van der Waals surface area contributed by atoms with Crippen molar-refractivity contribution in [3.8, 4) is 0 Å². The minimum atomic E-state index is -3.76. The SMILES string of the molecule is CCCCCCCCCCCCC[CH]CCCS(=O)(=O)O. The highest BCUT2D eigenvalue weighted by molar-refractivity contribution is 7.85. The summed E-state index contributed by atoms with van der Waals surface area (Å²) in [5, 5.41) is 0. The molecule has 0 saturated carbocycles. The van der Waals surface area contributed by atoms with Crippen LogP contribution in [0.3, 0.4) is 0 Å². The molecular formula is C17H35O3S. The van der Waals surface area contributed by atoms with Crippen LogP contribution in [0.4, 0.5) is 0 Å². The summed E-state index contributed by atoms with van der Waals surface area (Å²) in [5.74, 6) is -0.109. The lowest BCUT2D eigenvalue weighted by Crippen LogP contribution is -2.03. The second kappa shape index (κ2) is 14.8. The van der Waals surface area contributed by atoms with Crippen LogP contribution in [-0.2, 0) is 10.1 Å². The predicted molar refractivity (Wildman–Crippen MR) is 91.0 cm³/mol. The van der Waals surface area contributed by atoms with E-state index in [-0.39, 0.29) is 5.75 Å². The van der Waals surface area contributed by atoms with Crippen LogP contribution in [0.5, 0.6) is 0 Å². The Kier molecular flexibility index (Phi) is 14.8. The van der Waals surface area contributed by atoms with Crippen molar-refractivity contribution in [1.29, 1.82) is 0 Å². The molecule has 0 heterocycles. The highest BCUT2D eigenvalue weighted by atomic mass is 32.2. The Morgan fingerprint density at radius 1 is 0.714 bits per heavy atom. The van der Waals surface area contributed by atoms with Crippen LogP contribution >= 0.6 is 0 Å². The van der Waals surface area contributed by atoms with E-state index in [4.69, 9.17) is 4.55 Å². The Bertz CT molecular complexity index is 299. The fraction of sp³-hybridized carbons (Fsp3) is 0.941. The number of hydrogen-bond donors (Lipinski definition) is 1. The first kappa shape index (κ1) is 20.9. The number of hydrogen-bond acceptors (Lipinski definition) is 2. The van der Waals surface area contributed by atoms with E-state index in [1.165, 1.54) is 70.6 Å². The zero-order valence-corrected chi connectivity index (χ0v) is 14.7. The molecule has 0 amide bonds. The Morgan fingerprint density at radius 2 is 1.14 bits per heavy atom. The minimum absolute atomic E-state index is 0.109. The molecule has 0 aromatic heterocycles. The van der Waals surface area contributed by atoms with E-state index < -0.39 is 10.1 Å². The van der Waals surface area contributed by atoms with Gasteiger partial charge in [0.15, 0.2) is 0 Å². The maximum atomic E-state index is 10.5. The van der Waals surface area contributed by atoms with Crippen molar-refractivity contribution in [3.63, 3.8) is 0 Å². The third-order valence-electron chi connectivity index (χ3n) is 3.82. The number of unbranched alkanes of at least 4 members (excludes halogenated alkanes) is 14. The van der Waals surface area contributed by atoms with Crippen LogP contribution in [0, 0.1) is 6.42 Å². The molecular weight excluding hydrogens is 284 g/mol. The van der Waals surface area contributed by atoms with Crippen molar-refractivity contribution in [2.75, 3.05) is 5.75 Å². The number of rotatable bonds is 16. The average Bonchev–Trinajstić information content (AvgIpc) is 2.42. The van der Waals surface area contributed by atoms with Gasteiger partial charge in [0, 0.05) is 0 Å². The molecule has 0 atom stereocenters. The Morgan fingerprint density at radius 3 is 1.62 bits per heavy atom. The standard InChI is InChI=1S/C17H35O3S/c1-2-3-4-5-6-7-8-9-10-11-12-13-14-15-16-17-21(18,19)20/h14H,2-13,15-17H2,1H3,(H,18,19,20). The van der Waals surface area contributed by atoms with Gasteiger partial charge in [0.05, 0.1) is 5.75 Å². The van der Waals surface area contributed by atoms with Gasteiger partial charge in [-0.05, 0) is 19.3 Å². The van der Waals surface area contributed by atoms with Gasteiger partial charge in [-0.15, -0.1) is 0 Å². The van der Waals surface area contributed by atoms with Crippen LogP contribution in [0.15, 0.2) is 0 Å². The Labute approximate surface area is 132 Å². The summed E-state index contributed by atoms with van der Waals surface area (Å²) in [4.78, 5) is 0. The van der Waals surface area contributed by atoms with Gasteiger partial charge < -0.3 is 0 Å². The van der Waals surface area contributed by atoms with E-state index in [1.54, 1.807) is 0 Å². The molecule has 0 fully saturated rings. The van der Waals surface area contributed by atoms with E-state index in [2.05, 4.69) is 13.3 Å². The summed E-state index contributed by atoms with van der Waals surface area (Å²) in [6, 6.07) is 0. The second-order valence-electron chi connectivity index (χ2n) is 6.04. The normalized spacial score (nSPS) is 11.9. The summed E-state index contributed by atoms with van der Waals surface area (Å²) >= 11 is 0. The molecule has 0 saturated heterocycles. The molecule has 127 valence electrons. The summed E-state index contributed by atoms with van der Waals surface area (Å²) in [5.41, 5.74) is 0. The Balaban J connectivity index is 3.03. The topological polar surface area (TPSA) is 54.4 Å². The monoisotopic (exact) mass is 319 g/mol. The van der Waals surface area contributed by atoms with Crippen LogP contribution in [0.25, 0.3) is 0 Å². The molecule has 0 unspecified atom stereocenters. The average molecular weight is 320 g/mol. The van der Waals surface area contributed by atoms with E-state index in [0.29, 0.717) is 6.42 Å². The molecule has 3 nitrogen and oxygen atoms in total. The lowest BCUT2D eigenvalue weighted by molar-refractivity contribution is 0.480. The van der Waals surface area contributed by atoms with Gasteiger partial charge in [0.2, 0.25) is 0 Å². The third kappa shape index (κ3) is 19.9. The molecule has 0 rings (SSSR count). The predicted octanol–water partition coefficient (Wildman–Crippen LogP) is 5.56. The van der Waals surface area contributed by atoms with E-state index in [0.717, 1.165) is 12.8 Å². The van der Waals surface area contributed by atoms with Crippen LogP contribution in [0.1, 0.15) is 96.8 Å². The van der Waals surface area contributed by atoms with Gasteiger partial charge in [-0.25, -0.2) is 0 Å². The fourth-order valence-corrected chi connectivity index (χ4v) is 3.04. The quantitative estimate of drug-likeness (QED) is 0.299. The smallest absolute Gasteiger partial charge is 0.264 e. The molecule has 0 bridgehead atoms. The van der Waals surface area contributed by atoms with E-state index >= 15 is 0 Å². The third-order valence-corrected chi connectivity index (χ3v) is 4.63.